The van der Waals surface area contributed by atoms with E-state index in [9.17, 15) is 4.39 Å². The molecule has 0 unspecified atom stereocenters. The number of aromatic nitrogens is 2. The molecule has 7 heteroatoms. The van der Waals surface area contributed by atoms with Gasteiger partial charge < -0.3 is 10.1 Å². The van der Waals surface area contributed by atoms with Crippen LogP contribution in [0.3, 0.4) is 0 Å². The van der Waals surface area contributed by atoms with Gasteiger partial charge in [-0.3, -0.25) is 0 Å². The molecule has 0 saturated heterocycles. The van der Waals surface area contributed by atoms with Gasteiger partial charge in [-0.15, -0.1) is 11.3 Å². The van der Waals surface area contributed by atoms with Crippen LogP contribution in [-0.2, 0) is 0 Å². The van der Waals surface area contributed by atoms with Crippen LogP contribution in [0.15, 0.2) is 34.1 Å². The summed E-state index contributed by atoms with van der Waals surface area (Å²) < 4.78 is 19.4. The quantitative estimate of drug-likeness (QED) is 0.756. The second kappa shape index (κ2) is 5.34. The minimum Gasteiger partial charge on any atom is -0.437 e. The summed E-state index contributed by atoms with van der Waals surface area (Å²) in [6.45, 7) is 0. The zero-order valence-electron chi connectivity index (χ0n) is 10.4. The highest BCUT2D eigenvalue weighted by molar-refractivity contribution is 9.10. The van der Waals surface area contributed by atoms with Crippen molar-refractivity contribution in [1.29, 1.82) is 0 Å². The first kappa shape index (κ1) is 13.3. The molecule has 0 fully saturated rings. The molecule has 102 valence electrons. The molecular formula is C13H9BrFN3OS. The number of benzene rings is 1. The standard InChI is InChI=1S/C13H9BrFN3OS/c1-16-13-17-11(8-4-5-20-12(8)18-13)19-10-3-2-7(15)6-9(10)14/h2-6H,1H3,(H,16,17,18). The SMILES string of the molecule is CNc1nc(Oc2ccc(F)cc2Br)c2ccsc2n1. The molecule has 1 aromatic carbocycles. The molecule has 0 saturated carbocycles. The average molecular weight is 354 g/mol. The van der Waals surface area contributed by atoms with E-state index >= 15 is 0 Å². The summed E-state index contributed by atoms with van der Waals surface area (Å²) in [5.41, 5.74) is 0. The zero-order valence-corrected chi connectivity index (χ0v) is 12.8. The van der Waals surface area contributed by atoms with Crippen molar-refractivity contribution in [2.24, 2.45) is 0 Å². The summed E-state index contributed by atoms with van der Waals surface area (Å²) in [5.74, 6) is 1.09. The Morgan fingerprint density at radius 3 is 2.90 bits per heavy atom. The zero-order chi connectivity index (χ0) is 14.1. The normalized spacial score (nSPS) is 10.8. The number of thiophene rings is 1. The third-order valence-corrected chi connectivity index (χ3v) is 4.04. The number of ether oxygens (including phenoxy) is 1. The van der Waals surface area contributed by atoms with Crippen LogP contribution in [0.25, 0.3) is 10.2 Å². The van der Waals surface area contributed by atoms with E-state index in [1.807, 2.05) is 11.4 Å². The number of nitrogens with one attached hydrogen (secondary N) is 1. The van der Waals surface area contributed by atoms with E-state index < -0.39 is 0 Å². The summed E-state index contributed by atoms with van der Waals surface area (Å²) in [4.78, 5) is 9.47. The first-order valence-electron chi connectivity index (χ1n) is 5.73. The predicted molar refractivity (Wildman–Crippen MR) is 81.1 cm³/mol. The smallest absolute Gasteiger partial charge is 0.232 e. The first-order valence-corrected chi connectivity index (χ1v) is 7.40. The van der Waals surface area contributed by atoms with Crippen molar-refractivity contribution in [1.82, 2.24) is 9.97 Å². The van der Waals surface area contributed by atoms with Gasteiger partial charge in [-0.2, -0.15) is 4.98 Å². The van der Waals surface area contributed by atoms with Gasteiger partial charge in [0.25, 0.3) is 0 Å². The third-order valence-electron chi connectivity index (χ3n) is 2.61. The van der Waals surface area contributed by atoms with Crippen molar-refractivity contribution in [3.8, 4) is 11.6 Å². The highest BCUT2D eigenvalue weighted by Gasteiger charge is 2.12. The fourth-order valence-corrected chi connectivity index (χ4v) is 2.87. The Morgan fingerprint density at radius 1 is 1.30 bits per heavy atom. The molecule has 20 heavy (non-hydrogen) atoms. The van der Waals surface area contributed by atoms with E-state index in [0.717, 1.165) is 10.2 Å². The van der Waals surface area contributed by atoms with E-state index in [1.54, 1.807) is 13.1 Å². The Balaban J connectivity index is 2.07. The minimum atomic E-state index is -0.330. The lowest BCUT2D eigenvalue weighted by Gasteiger charge is -2.09. The molecule has 3 aromatic rings. The van der Waals surface area contributed by atoms with Gasteiger partial charge in [0.1, 0.15) is 16.4 Å². The van der Waals surface area contributed by atoms with E-state index in [2.05, 4.69) is 31.2 Å². The fourth-order valence-electron chi connectivity index (χ4n) is 1.68. The second-order valence-corrected chi connectivity index (χ2v) is 5.67. The van der Waals surface area contributed by atoms with Gasteiger partial charge in [0.05, 0.1) is 9.86 Å². The lowest BCUT2D eigenvalue weighted by Crippen LogP contribution is -1.98. The van der Waals surface area contributed by atoms with Crippen molar-refractivity contribution in [3.63, 3.8) is 0 Å². The van der Waals surface area contributed by atoms with E-state index in [0.29, 0.717) is 22.1 Å². The largest absolute Gasteiger partial charge is 0.437 e. The van der Waals surface area contributed by atoms with E-state index in [1.165, 1.54) is 23.5 Å². The van der Waals surface area contributed by atoms with Crippen LogP contribution in [0, 0.1) is 5.82 Å². The molecule has 0 aliphatic carbocycles. The molecule has 2 aromatic heterocycles. The minimum absolute atomic E-state index is 0.330. The van der Waals surface area contributed by atoms with Gasteiger partial charge >= 0.3 is 0 Å². The molecular weight excluding hydrogens is 345 g/mol. The number of nitrogens with zero attached hydrogens (tertiary/aromatic N) is 2. The molecule has 0 bridgehead atoms. The van der Waals surface area contributed by atoms with Crippen LogP contribution in [0.2, 0.25) is 0 Å². The maximum absolute atomic E-state index is 13.1. The van der Waals surface area contributed by atoms with Crippen molar-refractivity contribution >= 4 is 43.4 Å². The summed E-state index contributed by atoms with van der Waals surface area (Å²) >= 11 is 4.78. The Labute approximate surface area is 126 Å². The fraction of sp³-hybridized carbons (Fsp3) is 0.0769. The number of halogens is 2. The maximum atomic E-state index is 13.1. The lowest BCUT2D eigenvalue weighted by atomic mass is 10.3. The number of fused-ring (bicyclic) bond motifs is 1. The molecule has 0 aliphatic rings. The molecule has 4 nitrogen and oxygen atoms in total. The molecule has 0 radical (unpaired) electrons. The van der Waals surface area contributed by atoms with Crippen molar-refractivity contribution in [3.05, 3.63) is 39.9 Å². The first-order chi connectivity index (χ1) is 9.67. The summed E-state index contributed by atoms with van der Waals surface area (Å²) in [5, 5.41) is 5.64. The highest BCUT2D eigenvalue weighted by atomic mass is 79.9. The Morgan fingerprint density at radius 2 is 2.15 bits per heavy atom. The predicted octanol–water partition coefficient (Wildman–Crippen LogP) is 4.43. The highest BCUT2D eigenvalue weighted by Crippen LogP contribution is 2.34. The van der Waals surface area contributed by atoms with Gasteiger partial charge in [-0.25, -0.2) is 9.37 Å². The van der Waals surface area contributed by atoms with Gasteiger partial charge in [0.2, 0.25) is 11.8 Å². The van der Waals surface area contributed by atoms with Crippen LogP contribution in [-0.4, -0.2) is 17.0 Å². The summed E-state index contributed by atoms with van der Waals surface area (Å²) in [7, 11) is 1.74. The summed E-state index contributed by atoms with van der Waals surface area (Å²) in [6.07, 6.45) is 0. The van der Waals surface area contributed by atoms with Crippen LogP contribution in [0.4, 0.5) is 10.3 Å². The molecule has 1 N–H and O–H groups in total. The van der Waals surface area contributed by atoms with E-state index in [4.69, 9.17) is 4.74 Å². The topological polar surface area (TPSA) is 47.0 Å². The van der Waals surface area contributed by atoms with Gasteiger partial charge in [-0.1, -0.05) is 0 Å². The Bertz CT molecular complexity index is 777. The van der Waals surface area contributed by atoms with Crippen LogP contribution < -0.4 is 10.1 Å². The lowest BCUT2D eigenvalue weighted by molar-refractivity contribution is 0.464. The molecule has 0 aliphatic heterocycles. The number of anilines is 1. The van der Waals surface area contributed by atoms with Crippen LogP contribution in [0.5, 0.6) is 11.6 Å². The monoisotopic (exact) mass is 353 g/mol. The maximum Gasteiger partial charge on any atom is 0.232 e. The third kappa shape index (κ3) is 2.46. The Hall–Kier alpha value is -1.73. The van der Waals surface area contributed by atoms with Crippen molar-refractivity contribution in [2.45, 2.75) is 0 Å². The molecule has 0 atom stereocenters. The van der Waals surface area contributed by atoms with Crippen LogP contribution in [0.1, 0.15) is 0 Å². The Kier molecular flexibility index (Phi) is 3.54. The van der Waals surface area contributed by atoms with Gasteiger partial charge in [-0.05, 0) is 45.6 Å². The molecule has 2 heterocycles. The van der Waals surface area contributed by atoms with Gasteiger partial charge in [0, 0.05) is 7.05 Å². The average Bonchev–Trinajstić information content (AvgIpc) is 2.90. The van der Waals surface area contributed by atoms with Crippen molar-refractivity contribution in [2.75, 3.05) is 12.4 Å². The number of hydrogen-bond donors (Lipinski definition) is 1. The molecule has 0 amide bonds. The van der Waals surface area contributed by atoms with E-state index in [-0.39, 0.29) is 5.82 Å². The number of rotatable bonds is 3. The second-order valence-electron chi connectivity index (χ2n) is 3.92. The van der Waals surface area contributed by atoms with Gasteiger partial charge in [0.15, 0.2) is 0 Å². The molecule has 3 rings (SSSR count). The van der Waals surface area contributed by atoms with Crippen LogP contribution >= 0.6 is 27.3 Å². The number of hydrogen-bond acceptors (Lipinski definition) is 5. The summed E-state index contributed by atoms with van der Waals surface area (Å²) in [6, 6.07) is 6.14. The van der Waals surface area contributed by atoms with Crippen molar-refractivity contribution < 1.29 is 9.13 Å². The molecule has 0 spiro atoms.